The molecule has 0 unspecified atom stereocenters. The van der Waals surface area contributed by atoms with E-state index in [9.17, 15) is 9.59 Å². The Kier molecular flexibility index (Phi) is 4.29. The fourth-order valence-corrected chi connectivity index (χ4v) is 4.44. The van der Waals surface area contributed by atoms with Gasteiger partial charge in [-0.2, -0.15) is 0 Å². The van der Waals surface area contributed by atoms with Gasteiger partial charge in [0.15, 0.2) is 0 Å². The van der Waals surface area contributed by atoms with E-state index in [1.165, 1.54) is 35.2 Å². The highest BCUT2D eigenvalue weighted by Gasteiger charge is 2.18. The number of aryl methyl sites for hydroxylation is 2. The number of carbonyl (C=O) groups is 1. The topological polar surface area (TPSA) is 81.3 Å². The lowest BCUT2D eigenvalue weighted by Gasteiger charge is -2.22. The summed E-state index contributed by atoms with van der Waals surface area (Å²) in [4.78, 5) is 24.6. The standard InChI is InChI=1S/C17H21N5O2S/c1-21-16(24)15-12(9-10-25-15)22-13(19-20-17(21)22)7-8-14(23)18-11-5-3-2-4-6-11/h9-11H,2-8H2,1H3,(H,18,23). The van der Waals surface area contributed by atoms with Gasteiger partial charge in [0.1, 0.15) is 10.5 Å². The number of nitrogens with one attached hydrogen (secondary N) is 1. The monoisotopic (exact) mass is 359 g/mol. The fourth-order valence-electron chi connectivity index (χ4n) is 3.59. The molecule has 7 nitrogen and oxygen atoms in total. The molecule has 0 radical (unpaired) electrons. The fraction of sp³-hybridized carbons (Fsp3) is 0.529. The molecule has 25 heavy (non-hydrogen) atoms. The number of aromatic nitrogens is 4. The van der Waals surface area contributed by atoms with E-state index >= 15 is 0 Å². The largest absolute Gasteiger partial charge is 0.353 e. The van der Waals surface area contributed by atoms with E-state index in [1.807, 2.05) is 15.8 Å². The molecule has 1 aliphatic carbocycles. The molecular formula is C17H21N5O2S. The van der Waals surface area contributed by atoms with Crippen molar-refractivity contribution in [2.45, 2.75) is 51.0 Å². The summed E-state index contributed by atoms with van der Waals surface area (Å²) in [6.45, 7) is 0. The number of carbonyl (C=O) groups excluding carboxylic acids is 1. The number of nitrogens with zero attached hydrogens (tertiary/aromatic N) is 4. The summed E-state index contributed by atoms with van der Waals surface area (Å²) >= 11 is 1.41. The van der Waals surface area contributed by atoms with Crippen molar-refractivity contribution >= 4 is 33.2 Å². The van der Waals surface area contributed by atoms with Gasteiger partial charge in [0.05, 0.1) is 5.52 Å². The Morgan fingerprint density at radius 2 is 2.12 bits per heavy atom. The molecular weight excluding hydrogens is 338 g/mol. The smallest absolute Gasteiger partial charge is 0.272 e. The Morgan fingerprint density at radius 3 is 2.92 bits per heavy atom. The summed E-state index contributed by atoms with van der Waals surface area (Å²) in [6.07, 6.45) is 6.71. The second-order valence-corrected chi connectivity index (χ2v) is 7.57. The van der Waals surface area contributed by atoms with Gasteiger partial charge in [-0.25, -0.2) is 0 Å². The summed E-state index contributed by atoms with van der Waals surface area (Å²) < 4.78 is 4.08. The molecule has 1 amide bonds. The SMILES string of the molecule is Cn1c(=O)c2sccc2n2c(CCC(=O)NC3CCCCC3)nnc12. The second-order valence-electron chi connectivity index (χ2n) is 6.65. The van der Waals surface area contributed by atoms with Crippen LogP contribution in [-0.4, -0.2) is 31.1 Å². The highest BCUT2D eigenvalue weighted by molar-refractivity contribution is 7.17. The maximum absolute atomic E-state index is 12.3. The van der Waals surface area contributed by atoms with Crippen LogP contribution in [0.1, 0.15) is 44.3 Å². The van der Waals surface area contributed by atoms with Crippen molar-refractivity contribution in [3.8, 4) is 0 Å². The molecule has 3 aromatic heterocycles. The molecule has 1 N–H and O–H groups in total. The summed E-state index contributed by atoms with van der Waals surface area (Å²) in [6, 6.07) is 2.23. The minimum atomic E-state index is -0.0634. The van der Waals surface area contributed by atoms with E-state index in [1.54, 1.807) is 7.05 Å². The van der Waals surface area contributed by atoms with E-state index in [4.69, 9.17) is 0 Å². The van der Waals surface area contributed by atoms with Crippen molar-refractivity contribution in [2.24, 2.45) is 7.05 Å². The lowest BCUT2D eigenvalue weighted by Crippen LogP contribution is -2.36. The van der Waals surface area contributed by atoms with Crippen molar-refractivity contribution in [2.75, 3.05) is 0 Å². The van der Waals surface area contributed by atoms with Gasteiger partial charge in [-0.3, -0.25) is 18.6 Å². The summed E-state index contributed by atoms with van der Waals surface area (Å²) in [5.74, 6) is 1.29. The lowest BCUT2D eigenvalue weighted by molar-refractivity contribution is -0.122. The van der Waals surface area contributed by atoms with Gasteiger partial charge in [0.25, 0.3) is 5.56 Å². The Balaban J connectivity index is 1.56. The van der Waals surface area contributed by atoms with Gasteiger partial charge < -0.3 is 5.32 Å². The van der Waals surface area contributed by atoms with Gasteiger partial charge >= 0.3 is 0 Å². The molecule has 3 heterocycles. The van der Waals surface area contributed by atoms with Crippen LogP contribution in [-0.2, 0) is 18.3 Å². The summed E-state index contributed by atoms with van der Waals surface area (Å²) in [5, 5.41) is 13.4. The average Bonchev–Trinajstić information content (AvgIpc) is 3.25. The van der Waals surface area contributed by atoms with Crippen molar-refractivity contribution in [1.29, 1.82) is 0 Å². The predicted molar refractivity (Wildman–Crippen MR) is 96.9 cm³/mol. The van der Waals surface area contributed by atoms with Crippen LogP contribution >= 0.6 is 11.3 Å². The maximum Gasteiger partial charge on any atom is 0.272 e. The molecule has 3 aromatic rings. The van der Waals surface area contributed by atoms with Crippen molar-refractivity contribution in [1.82, 2.24) is 24.5 Å². The molecule has 1 fully saturated rings. The molecule has 0 bridgehead atoms. The third-order valence-corrected chi connectivity index (χ3v) is 5.83. The molecule has 0 spiro atoms. The van der Waals surface area contributed by atoms with Gasteiger partial charge in [-0.1, -0.05) is 19.3 Å². The third kappa shape index (κ3) is 2.95. The van der Waals surface area contributed by atoms with Gasteiger partial charge in [0, 0.05) is 25.9 Å². The molecule has 1 saturated carbocycles. The van der Waals surface area contributed by atoms with Crippen LogP contribution in [0, 0.1) is 0 Å². The van der Waals surface area contributed by atoms with Crippen LogP contribution in [0.4, 0.5) is 0 Å². The quantitative estimate of drug-likeness (QED) is 0.773. The first-order valence-corrected chi connectivity index (χ1v) is 9.62. The number of hydrogen-bond donors (Lipinski definition) is 1. The van der Waals surface area contributed by atoms with Crippen LogP contribution in [0.15, 0.2) is 16.2 Å². The first-order chi connectivity index (χ1) is 12.1. The highest BCUT2D eigenvalue weighted by atomic mass is 32.1. The minimum absolute atomic E-state index is 0.0634. The van der Waals surface area contributed by atoms with Crippen LogP contribution in [0.2, 0.25) is 0 Å². The van der Waals surface area contributed by atoms with Crippen LogP contribution < -0.4 is 10.9 Å². The van der Waals surface area contributed by atoms with Crippen LogP contribution in [0.3, 0.4) is 0 Å². The Hall–Kier alpha value is -2.22. The molecule has 0 saturated heterocycles. The number of hydrogen-bond acceptors (Lipinski definition) is 5. The summed E-state index contributed by atoms with van der Waals surface area (Å²) in [5.41, 5.74) is 0.752. The Labute approximate surface area is 148 Å². The molecule has 8 heteroatoms. The van der Waals surface area contributed by atoms with Gasteiger partial charge in [-0.05, 0) is 24.3 Å². The number of amides is 1. The first-order valence-electron chi connectivity index (χ1n) is 8.74. The average molecular weight is 359 g/mol. The molecule has 132 valence electrons. The van der Waals surface area contributed by atoms with Crippen molar-refractivity contribution in [3.63, 3.8) is 0 Å². The normalized spacial score (nSPS) is 15.9. The van der Waals surface area contributed by atoms with Gasteiger partial charge in [0.2, 0.25) is 11.7 Å². The predicted octanol–water partition coefficient (Wildman–Crippen LogP) is 2.02. The van der Waals surface area contributed by atoms with E-state index in [2.05, 4.69) is 15.5 Å². The van der Waals surface area contributed by atoms with Crippen LogP contribution in [0.5, 0.6) is 0 Å². The first kappa shape index (κ1) is 16.3. The molecule has 4 rings (SSSR count). The van der Waals surface area contributed by atoms with E-state index in [-0.39, 0.29) is 11.5 Å². The lowest BCUT2D eigenvalue weighted by atomic mass is 9.95. The zero-order valence-corrected chi connectivity index (χ0v) is 15.0. The van der Waals surface area contributed by atoms with Gasteiger partial charge in [-0.15, -0.1) is 21.5 Å². The highest BCUT2D eigenvalue weighted by Crippen LogP contribution is 2.20. The molecule has 0 aromatic carbocycles. The number of rotatable bonds is 4. The van der Waals surface area contributed by atoms with Crippen molar-refractivity contribution in [3.05, 3.63) is 27.6 Å². The molecule has 0 atom stereocenters. The Morgan fingerprint density at radius 1 is 1.32 bits per heavy atom. The van der Waals surface area contributed by atoms with E-state index < -0.39 is 0 Å². The molecule has 0 aliphatic heterocycles. The van der Waals surface area contributed by atoms with Crippen LogP contribution in [0.25, 0.3) is 16.0 Å². The zero-order chi connectivity index (χ0) is 17.4. The van der Waals surface area contributed by atoms with E-state index in [0.29, 0.717) is 35.2 Å². The third-order valence-electron chi connectivity index (χ3n) is 4.94. The zero-order valence-electron chi connectivity index (χ0n) is 14.2. The van der Waals surface area contributed by atoms with E-state index in [0.717, 1.165) is 18.4 Å². The number of fused-ring (bicyclic) bond motifs is 3. The second kappa shape index (κ2) is 6.59. The minimum Gasteiger partial charge on any atom is -0.353 e. The number of thiophene rings is 1. The maximum atomic E-state index is 12.3. The van der Waals surface area contributed by atoms with Crippen molar-refractivity contribution < 1.29 is 4.79 Å². The summed E-state index contributed by atoms with van der Waals surface area (Å²) in [7, 11) is 1.70. The Bertz CT molecular complexity index is 980. The molecule has 1 aliphatic rings.